The fourth-order valence-electron chi connectivity index (χ4n) is 1.69. The Hall–Kier alpha value is -2.79. The van der Waals surface area contributed by atoms with Crippen LogP contribution in [0.2, 0.25) is 0 Å². The van der Waals surface area contributed by atoms with Crippen molar-refractivity contribution in [1.29, 1.82) is 0 Å². The summed E-state index contributed by atoms with van der Waals surface area (Å²) in [6.07, 6.45) is 8.04. The Labute approximate surface area is 142 Å². The average molecular weight is 329 g/mol. The fraction of sp³-hybridized carbons (Fsp3) is 0.211. The normalized spacial score (nSPS) is 12.2. The summed E-state index contributed by atoms with van der Waals surface area (Å²) >= 11 is 0. The first-order valence-electron chi connectivity index (χ1n) is 7.57. The van der Waals surface area contributed by atoms with Crippen molar-refractivity contribution in [2.75, 3.05) is 13.2 Å². The third-order valence-corrected chi connectivity index (χ3v) is 2.97. The van der Waals surface area contributed by atoms with E-state index in [0.717, 1.165) is 12.7 Å². The van der Waals surface area contributed by atoms with Gasteiger partial charge in [-0.05, 0) is 61.9 Å². The second-order valence-electron chi connectivity index (χ2n) is 4.87. The first-order chi connectivity index (χ1) is 11.6. The van der Waals surface area contributed by atoms with E-state index in [2.05, 4.69) is 6.58 Å². The SMILES string of the molecule is C=CC(/C=C/O)=C\C=C(/C)OC(=O)c1ccc(OCCCN)cc1. The van der Waals surface area contributed by atoms with Crippen molar-refractivity contribution >= 4 is 5.97 Å². The summed E-state index contributed by atoms with van der Waals surface area (Å²) in [5.74, 6) is 0.652. The Balaban J connectivity index is 2.65. The van der Waals surface area contributed by atoms with Crippen molar-refractivity contribution in [3.8, 4) is 5.75 Å². The standard InChI is InChI=1S/C19H23NO4/c1-3-16(11-13-21)6-5-15(2)24-19(22)17-7-9-18(10-8-17)23-14-4-12-20/h3,5-11,13,21H,1,4,12,14,20H2,2H3/b13-11+,15-5+,16-6+. The number of aliphatic hydroxyl groups excluding tert-OH is 1. The minimum atomic E-state index is -0.455. The van der Waals surface area contributed by atoms with Crippen molar-refractivity contribution in [1.82, 2.24) is 0 Å². The number of ether oxygens (including phenoxy) is 2. The van der Waals surface area contributed by atoms with Crippen molar-refractivity contribution in [3.05, 3.63) is 78.3 Å². The number of hydrogen-bond acceptors (Lipinski definition) is 5. The smallest absolute Gasteiger partial charge is 0.343 e. The molecule has 0 saturated carbocycles. The molecule has 0 fully saturated rings. The number of rotatable bonds is 9. The molecule has 5 heteroatoms. The van der Waals surface area contributed by atoms with Crippen LogP contribution in [0.5, 0.6) is 5.75 Å². The molecule has 0 aliphatic carbocycles. The molecule has 3 N–H and O–H groups in total. The number of allylic oxidation sites excluding steroid dienone is 6. The molecular weight excluding hydrogens is 306 g/mol. The Morgan fingerprint density at radius 1 is 1.29 bits per heavy atom. The Bertz CT molecular complexity index is 627. The van der Waals surface area contributed by atoms with E-state index in [1.54, 1.807) is 49.4 Å². The molecule has 1 rings (SSSR count). The highest BCUT2D eigenvalue weighted by molar-refractivity contribution is 5.90. The van der Waals surface area contributed by atoms with Crippen LogP contribution in [0.25, 0.3) is 0 Å². The molecule has 0 radical (unpaired) electrons. The van der Waals surface area contributed by atoms with Crippen molar-refractivity contribution < 1.29 is 19.4 Å². The molecule has 1 aromatic carbocycles. The van der Waals surface area contributed by atoms with Gasteiger partial charge in [-0.2, -0.15) is 0 Å². The molecule has 128 valence electrons. The van der Waals surface area contributed by atoms with Gasteiger partial charge in [-0.1, -0.05) is 18.7 Å². The van der Waals surface area contributed by atoms with Gasteiger partial charge < -0.3 is 20.3 Å². The molecule has 0 unspecified atom stereocenters. The van der Waals surface area contributed by atoms with Crippen molar-refractivity contribution in [2.45, 2.75) is 13.3 Å². The van der Waals surface area contributed by atoms with Gasteiger partial charge in [0.25, 0.3) is 0 Å². The highest BCUT2D eigenvalue weighted by Crippen LogP contribution is 2.14. The van der Waals surface area contributed by atoms with Crippen molar-refractivity contribution in [2.24, 2.45) is 5.73 Å². The minimum absolute atomic E-state index is 0.425. The molecule has 0 amide bonds. The van der Waals surface area contributed by atoms with Gasteiger partial charge in [0.15, 0.2) is 0 Å². The van der Waals surface area contributed by atoms with Gasteiger partial charge in [0.1, 0.15) is 11.5 Å². The zero-order valence-corrected chi connectivity index (χ0v) is 13.8. The Morgan fingerprint density at radius 2 is 2.00 bits per heavy atom. The summed E-state index contributed by atoms with van der Waals surface area (Å²) in [7, 11) is 0. The maximum absolute atomic E-state index is 12.1. The van der Waals surface area contributed by atoms with E-state index in [1.807, 2.05) is 0 Å². The van der Waals surface area contributed by atoms with E-state index in [-0.39, 0.29) is 0 Å². The molecule has 1 aromatic rings. The topological polar surface area (TPSA) is 81.8 Å². The number of carbonyl (C=O) groups excluding carboxylic acids is 1. The summed E-state index contributed by atoms with van der Waals surface area (Å²) in [5.41, 5.74) is 6.51. The molecule has 24 heavy (non-hydrogen) atoms. The van der Waals surface area contributed by atoms with Crippen LogP contribution in [0.4, 0.5) is 0 Å². The molecule has 0 aliphatic rings. The molecule has 0 atom stereocenters. The summed E-state index contributed by atoms with van der Waals surface area (Å²) < 4.78 is 10.7. The minimum Gasteiger partial charge on any atom is -0.516 e. The predicted octanol–water partition coefficient (Wildman–Crippen LogP) is 3.66. The lowest BCUT2D eigenvalue weighted by Gasteiger charge is -2.07. The van der Waals surface area contributed by atoms with Crippen molar-refractivity contribution in [3.63, 3.8) is 0 Å². The van der Waals surface area contributed by atoms with Crippen LogP contribution < -0.4 is 10.5 Å². The number of carbonyl (C=O) groups is 1. The highest BCUT2D eigenvalue weighted by atomic mass is 16.5. The van der Waals surface area contributed by atoms with Gasteiger partial charge in [0.05, 0.1) is 18.4 Å². The Morgan fingerprint density at radius 3 is 2.58 bits per heavy atom. The first-order valence-corrected chi connectivity index (χ1v) is 7.57. The number of aliphatic hydroxyl groups is 1. The summed E-state index contributed by atoms with van der Waals surface area (Å²) in [5, 5.41) is 8.73. The zero-order valence-electron chi connectivity index (χ0n) is 13.8. The maximum atomic E-state index is 12.1. The van der Waals surface area contributed by atoms with Crippen LogP contribution in [-0.2, 0) is 4.74 Å². The van der Waals surface area contributed by atoms with Gasteiger partial charge >= 0.3 is 5.97 Å². The monoisotopic (exact) mass is 329 g/mol. The number of esters is 1. The lowest BCUT2D eigenvalue weighted by Crippen LogP contribution is -2.06. The van der Waals surface area contributed by atoms with E-state index in [1.165, 1.54) is 6.08 Å². The van der Waals surface area contributed by atoms with Gasteiger partial charge in [-0.3, -0.25) is 0 Å². The molecule has 0 aliphatic heterocycles. The predicted molar refractivity (Wildman–Crippen MR) is 94.8 cm³/mol. The fourth-order valence-corrected chi connectivity index (χ4v) is 1.69. The summed E-state index contributed by atoms with van der Waals surface area (Å²) in [6.45, 7) is 6.40. The van der Waals surface area contributed by atoms with Crippen LogP contribution in [-0.4, -0.2) is 24.2 Å². The highest BCUT2D eigenvalue weighted by Gasteiger charge is 2.08. The van der Waals surface area contributed by atoms with E-state index in [0.29, 0.717) is 35.8 Å². The quantitative estimate of drug-likeness (QED) is 0.313. The van der Waals surface area contributed by atoms with E-state index in [9.17, 15) is 4.79 Å². The molecule has 5 nitrogen and oxygen atoms in total. The van der Waals surface area contributed by atoms with E-state index in [4.69, 9.17) is 20.3 Å². The van der Waals surface area contributed by atoms with Gasteiger partial charge in [0, 0.05) is 0 Å². The zero-order chi connectivity index (χ0) is 17.8. The summed E-state index contributed by atoms with van der Waals surface area (Å²) in [6, 6.07) is 6.72. The number of benzene rings is 1. The largest absolute Gasteiger partial charge is 0.516 e. The lowest BCUT2D eigenvalue weighted by atomic mass is 10.2. The molecule has 0 spiro atoms. The molecule has 0 heterocycles. The maximum Gasteiger partial charge on any atom is 0.343 e. The third kappa shape index (κ3) is 6.98. The summed E-state index contributed by atoms with van der Waals surface area (Å²) in [4.78, 5) is 12.1. The second kappa shape index (κ2) is 10.9. The lowest BCUT2D eigenvalue weighted by molar-refractivity contribution is 0.0626. The van der Waals surface area contributed by atoms with Crippen LogP contribution in [0.3, 0.4) is 0 Å². The van der Waals surface area contributed by atoms with E-state index < -0.39 is 5.97 Å². The van der Waals surface area contributed by atoms with Crippen LogP contribution in [0.1, 0.15) is 23.7 Å². The van der Waals surface area contributed by atoms with Gasteiger partial charge in [-0.15, -0.1) is 0 Å². The van der Waals surface area contributed by atoms with Crippen LogP contribution >= 0.6 is 0 Å². The third-order valence-electron chi connectivity index (χ3n) is 2.97. The van der Waals surface area contributed by atoms with Crippen LogP contribution in [0, 0.1) is 0 Å². The second-order valence-corrected chi connectivity index (χ2v) is 4.87. The first kappa shape index (κ1) is 19.3. The molecule has 0 saturated heterocycles. The molecule has 0 bridgehead atoms. The van der Waals surface area contributed by atoms with Crippen LogP contribution in [0.15, 0.2) is 72.7 Å². The average Bonchev–Trinajstić information content (AvgIpc) is 2.59. The van der Waals surface area contributed by atoms with Gasteiger partial charge in [0.2, 0.25) is 0 Å². The molecular formula is C19H23NO4. The number of hydrogen-bond donors (Lipinski definition) is 2. The Kier molecular flexibility index (Phi) is 8.71. The van der Waals surface area contributed by atoms with Gasteiger partial charge in [-0.25, -0.2) is 4.79 Å². The number of nitrogens with two attached hydrogens (primary N) is 1. The van der Waals surface area contributed by atoms with E-state index >= 15 is 0 Å². The molecule has 0 aromatic heterocycles.